The molecule has 1 aliphatic heterocycles. The molecule has 0 saturated heterocycles. The van der Waals surface area contributed by atoms with E-state index in [0.29, 0.717) is 17.7 Å². The number of aryl methyl sites for hydroxylation is 2. The number of benzene rings is 2. The number of anilines is 2. The molecule has 3 heterocycles. The number of nitro benzene ring substituents is 1. The summed E-state index contributed by atoms with van der Waals surface area (Å²) in [5.41, 5.74) is 3.93. The molecule has 0 saturated carbocycles. The molecule has 5 rings (SSSR count). The number of ether oxygens (including phenoxy) is 1. The van der Waals surface area contributed by atoms with Gasteiger partial charge < -0.3 is 19.7 Å². The van der Waals surface area contributed by atoms with Crippen LogP contribution in [0.1, 0.15) is 24.0 Å². The van der Waals surface area contributed by atoms with Gasteiger partial charge in [0.2, 0.25) is 11.8 Å². The molecule has 182 valence electrons. The molecule has 36 heavy (non-hydrogen) atoms. The summed E-state index contributed by atoms with van der Waals surface area (Å²) in [5, 5.41) is 24.4. The third kappa shape index (κ3) is 4.21. The molecular formula is C26H22FN5O4. The number of para-hydroxylation sites is 1. The van der Waals surface area contributed by atoms with Crippen LogP contribution in [-0.4, -0.2) is 38.3 Å². The molecule has 0 spiro atoms. The molecule has 0 aliphatic carbocycles. The number of nitrogens with one attached hydrogen (secondary N) is 1. The summed E-state index contributed by atoms with van der Waals surface area (Å²) in [4.78, 5) is 19.5. The standard InChI is InChI=1S/C26H22FN5O4/c1-36-23-12-20(27)22(32(34)35)13-21(23)29-26-28-14-17(6-2-3-11-33)24(30-26)19-15-31-10-5-8-16-7-4-9-18(19)25(16)31/h4,7,9,12-15,33H,3,5,8,10-11H2,1H3,(H,28,29,30). The summed E-state index contributed by atoms with van der Waals surface area (Å²) in [6.07, 6.45) is 5.97. The van der Waals surface area contributed by atoms with Crippen molar-refractivity contribution in [2.24, 2.45) is 0 Å². The summed E-state index contributed by atoms with van der Waals surface area (Å²) < 4.78 is 21.5. The van der Waals surface area contributed by atoms with Gasteiger partial charge in [0, 0.05) is 48.4 Å². The molecule has 0 bridgehead atoms. The largest absolute Gasteiger partial charge is 0.494 e. The fourth-order valence-corrected chi connectivity index (χ4v) is 4.47. The Kier molecular flexibility index (Phi) is 6.23. The van der Waals surface area contributed by atoms with Gasteiger partial charge in [-0.05, 0) is 18.4 Å². The van der Waals surface area contributed by atoms with Gasteiger partial charge in [0.05, 0.1) is 41.1 Å². The number of nitrogens with zero attached hydrogens (tertiary/aromatic N) is 4. The second-order valence-corrected chi connectivity index (χ2v) is 8.27. The predicted molar refractivity (Wildman–Crippen MR) is 133 cm³/mol. The zero-order valence-corrected chi connectivity index (χ0v) is 19.4. The molecule has 2 N–H and O–H groups in total. The summed E-state index contributed by atoms with van der Waals surface area (Å²) in [7, 11) is 1.34. The van der Waals surface area contributed by atoms with E-state index < -0.39 is 16.4 Å². The lowest BCUT2D eigenvalue weighted by atomic mass is 10.0. The minimum Gasteiger partial charge on any atom is -0.494 e. The van der Waals surface area contributed by atoms with Crippen LogP contribution in [0.15, 0.2) is 42.7 Å². The van der Waals surface area contributed by atoms with Crippen molar-refractivity contribution in [1.29, 1.82) is 0 Å². The van der Waals surface area contributed by atoms with Gasteiger partial charge >= 0.3 is 5.69 Å². The third-order valence-corrected chi connectivity index (χ3v) is 6.04. The van der Waals surface area contributed by atoms with Crippen LogP contribution in [0.3, 0.4) is 0 Å². The SMILES string of the molecule is COc1cc(F)c([N+](=O)[O-])cc1Nc1ncc(C#CCCO)c(-c2cn3c4c(cccc24)CCC3)n1. The minimum absolute atomic E-state index is 0.0609. The van der Waals surface area contributed by atoms with Crippen molar-refractivity contribution < 1.29 is 19.2 Å². The Balaban J connectivity index is 1.65. The van der Waals surface area contributed by atoms with E-state index in [9.17, 15) is 14.5 Å². The van der Waals surface area contributed by atoms with Crippen LogP contribution in [0, 0.1) is 27.8 Å². The van der Waals surface area contributed by atoms with Crippen LogP contribution in [0.25, 0.3) is 22.2 Å². The monoisotopic (exact) mass is 487 g/mol. The Bertz CT molecular complexity index is 1550. The smallest absolute Gasteiger partial charge is 0.307 e. The average Bonchev–Trinajstić information content (AvgIpc) is 3.26. The van der Waals surface area contributed by atoms with Crippen molar-refractivity contribution in [3.8, 4) is 28.8 Å². The average molecular weight is 487 g/mol. The van der Waals surface area contributed by atoms with Crippen molar-refractivity contribution in [1.82, 2.24) is 14.5 Å². The highest BCUT2D eigenvalue weighted by molar-refractivity contribution is 5.98. The zero-order chi connectivity index (χ0) is 25.2. The number of aliphatic hydroxyl groups is 1. The van der Waals surface area contributed by atoms with Crippen molar-refractivity contribution in [2.75, 3.05) is 19.0 Å². The highest BCUT2D eigenvalue weighted by atomic mass is 19.1. The molecule has 10 heteroatoms. The number of rotatable bonds is 6. The number of aromatic nitrogens is 3. The molecule has 0 unspecified atom stereocenters. The van der Waals surface area contributed by atoms with Crippen LogP contribution in [0.5, 0.6) is 5.75 Å². The summed E-state index contributed by atoms with van der Waals surface area (Å²) in [6, 6.07) is 8.19. The van der Waals surface area contributed by atoms with Gasteiger partial charge in [-0.15, -0.1) is 0 Å². The Morgan fingerprint density at radius 2 is 2.22 bits per heavy atom. The zero-order valence-electron chi connectivity index (χ0n) is 19.4. The van der Waals surface area contributed by atoms with E-state index >= 15 is 0 Å². The molecule has 9 nitrogen and oxygen atoms in total. The number of hydrogen-bond donors (Lipinski definition) is 2. The highest BCUT2D eigenvalue weighted by Gasteiger charge is 2.22. The first-order valence-electron chi connectivity index (χ1n) is 11.4. The first-order valence-corrected chi connectivity index (χ1v) is 11.4. The number of hydrogen-bond acceptors (Lipinski definition) is 7. The third-order valence-electron chi connectivity index (χ3n) is 6.04. The van der Waals surface area contributed by atoms with Crippen molar-refractivity contribution in [2.45, 2.75) is 25.8 Å². The summed E-state index contributed by atoms with van der Waals surface area (Å²) in [6.45, 7) is 0.834. The van der Waals surface area contributed by atoms with Crippen LogP contribution in [0.2, 0.25) is 0 Å². The number of methoxy groups -OCH3 is 1. The quantitative estimate of drug-likeness (QED) is 0.232. The number of halogens is 1. The van der Waals surface area contributed by atoms with Crippen LogP contribution >= 0.6 is 0 Å². The van der Waals surface area contributed by atoms with Gasteiger partial charge in [0.15, 0.2) is 0 Å². The Morgan fingerprint density at radius 3 is 3.00 bits per heavy atom. The lowest BCUT2D eigenvalue weighted by molar-refractivity contribution is -0.387. The maximum absolute atomic E-state index is 14.1. The van der Waals surface area contributed by atoms with Gasteiger partial charge in [-0.1, -0.05) is 30.0 Å². The van der Waals surface area contributed by atoms with E-state index in [1.807, 2.05) is 12.1 Å². The van der Waals surface area contributed by atoms with E-state index in [1.165, 1.54) is 12.7 Å². The van der Waals surface area contributed by atoms with Gasteiger partial charge in [-0.3, -0.25) is 10.1 Å². The summed E-state index contributed by atoms with van der Waals surface area (Å²) >= 11 is 0. The molecule has 2 aromatic carbocycles. The normalized spacial score (nSPS) is 12.2. The summed E-state index contributed by atoms with van der Waals surface area (Å²) in [5.74, 6) is 5.18. The minimum atomic E-state index is -1.01. The Hall–Kier alpha value is -4.49. The number of nitro groups is 1. The van der Waals surface area contributed by atoms with Crippen LogP contribution < -0.4 is 10.1 Å². The van der Waals surface area contributed by atoms with Crippen LogP contribution in [0.4, 0.5) is 21.7 Å². The Morgan fingerprint density at radius 1 is 1.36 bits per heavy atom. The maximum atomic E-state index is 14.1. The lowest BCUT2D eigenvalue weighted by Crippen LogP contribution is -2.05. The van der Waals surface area contributed by atoms with Gasteiger partial charge in [-0.25, -0.2) is 9.97 Å². The molecular weight excluding hydrogens is 465 g/mol. The van der Waals surface area contributed by atoms with Gasteiger partial charge in [0.1, 0.15) is 5.75 Å². The number of aliphatic hydroxyl groups excluding tert-OH is 1. The van der Waals surface area contributed by atoms with E-state index in [2.05, 4.69) is 39.0 Å². The first kappa shape index (κ1) is 23.3. The van der Waals surface area contributed by atoms with Crippen molar-refractivity contribution in [3.05, 3.63) is 69.8 Å². The van der Waals surface area contributed by atoms with Gasteiger partial charge in [-0.2, -0.15) is 4.39 Å². The van der Waals surface area contributed by atoms with E-state index in [4.69, 9.17) is 14.8 Å². The molecule has 0 fully saturated rings. The predicted octanol–water partition coefficient (Wildman–Crippen LogP) is 4.58. The molecule has 2 aromatic heterocycles. The van der Waals surface area contributed by atoms with E-state index in [0.717, 1.165) is 48.0 Å². The van der Waals surface area contributed by atoms with E-state index in [-0.39, 0.29) is 24.0 Å². The fraction of sp³-hybridized carbons (Fsp3) is 0.231. The van der Waals surface area contributed by atoms with Crippen molar-refractivity contribution >= 4 is 28.2 Å². The molecule has 4 aromatic rings. The van der Waals surface area contributed by atoms with Crippen LogP contribution in [-0.2, 0) is 13.0 Å². The molecule has 0 radical (unpaired) electrons. The topological polar surface area (TPSA) is 115 Å². The highest BCUT2D eigenvalue weighted by Crippen LogP contribution is 2.37. The lowest BCUT2D eigenvalue weighted by Gasteiger charge is -2.14. The fourth-order valence-electron chi connectivity index (χ4n) is 4.47. The molecule has 0 amide bonds. The maximum Gasteiger partial charge on any atom is 0.307 e. The molecule has 0 atom stereocenters. The second-order valence-electron chi connectivity index (χ2n) is 8.27. The Labute approximate surface area is 205 Å². The first-order chi connectivity index (χ1) is 17.5. The molecule has 1 aliphatic rings. The second kappa shape index (κ2) is 9.64. The van der Waals surface area contributed by atoms with Gasteiger partial charge in [0.25, 0.3) is 0 Å². The van der Waals surface area contributed by atoms with E-state index in [1.54, 1.807) is 6.20 Å². The van der Waals surface area contributed by atoms with Crippen molar-refractivity contribution in [3.63, 3.8) is 0 Å².